The van der Waals surface area contributed by atoms with Crippen LogP contribution in [0, 0.1) is 4.91 Å². The molecule has 1 aromatic carbocycles. The number of benzene rings is 1. The second-order valence-electron chi connectivity index (χ2n) is 4.26. The zero-order chi connectivity index (χ0) is 17.0. The van der Waals surface area contributed by atoms with E-state index in [1.807, 2.05) is 0 Å². The Kier molecular flexibility index (Phi) is 5.47. The fraction of sp³-hybridized carbons (Fsp3) is 0.364. The fourth-order valence-corrected chi connectivity index (χ4v) is 2.49. The Balaban J connectivity index is 3.34. The average Bonchev–Trinajstić information content (AvgIpc) is 2.41. The molecule has 7 nitrogen and oxygen atoms in total. The lowest BCUT2D eigenvalue weighted by molar-refractivity contribution is -0.153. The molecular weight excluding hydrogens is 327 g/mol. The van der Waals surface area contributed by atoms with Crippen molar-refractivity contribution in [1.29, 1.82) is 0 Å². The first-order valence-corrected chi connectivity index (χ1v) is 7.13. The van der Waals surface area contributed by atoms with Crippen LogP contribution in [0.3, 0.4) is 0 Å². The molecule has 0 N–H and O–H groups in total. The Bertz CT molecular complexity index is 672. The minimum atomic E-state index is -4.67. The van der Waals surface area contributed by atoms with Crippen molar-refractivity contribution in [1.82, 2.24) is 4.90 Å². The minimum Gasteiger partial charge on any atom is -0.483 e. The molecule has 0 spiro atoms. The summed E-state index contributed by atoms with van der Waals surface area (Å²) in [6, 6.07) is 3.17. The minimum absolute atomic E-state index is 0.587. The molecule has 0 atom stereocenters. The van der Waals surface area contributed by atoms with E-state index >= 15 is 0 Å². The van der Waals surface area contributed by atoms with Gasteiger partial charge < -0.3 is 9.64 Å². The van der Waals surface area contributed by atoms with Gasteiger partial charge in [-0.15, -0.1) is 9.30 Å². The van der Waals surface area contributed by atoms with Crippen molar-refractivity contribution < 1.29 is 26.3 Å². The van der Waals surface area contributed by atoms with Crippen molar-refractivity contribution in [2.45, 2.75) is 11.1 Å². The number of halogens is 3. The highest BCUT2D eigenvalue weighted by Gasteiger charge is 2.31. The lowest BCUT2D eigenvalue weighted by Crippen LogP contribution is -2.20. The van der Waals surface area contributed by atoms with Crippen molar-refractivity contribution in [3.05, 3.63) is 23.1 Å². The van der Waals surface area contributed by atoms with Crippen LogP contribution in [0.4, 0.5) is 18.9 Å². The summed E-state index contributed by atoms with van der Waals surface area (Å²) in [5.41, 5.74) is -0.587. The molecule has 0 heterocycles. The van der Waals surface area contributed by atoms with Crippen LogP contribution < -0.4 is 4.74 Å². The summed E-state index contributed by atoms with van der Waals surface area (Å²) >= 11 is 0. The molecule has 0 amide bonds. The summed E-state index contributed by atoms with van der Waals surface area (Å²) in [5, 5.41) is 2.49. The highest BCUT2D eigenvalue weighted by molar-refractivity contribution is 7.90. The molecule has 0 aliphatic heterocycles. The van der Waals surface area contributed by atoms with Crippen molar-refractivity contribution in [3.8, 4) is 5.75 Å². The van der Waals surface area contributed by atoms with Crippen molar-refractivity contribution in [3.63, 3.8) is 0 Å². The molecule has 11 heteroatoms. The van der Waals surface area contributed by atoms with E-state index in [1.54, 1.807) is 0 Å². The van der Waals surface area contributed by atoms with Gasteiger partial charge in [-0.3, -0.25) is 0 Å². The molecular formula is C11H12F3N3O4S. The third kappa shape index (κ3) is 4.98. The SMILES string of the molecule is CN(C)/C=N/S(=O)(=O)c1c(N=O)cccc1OCC(F)(F)F. The third-order valence-electron chi connectivity index (χ3n) is 2.12. The third-order valence-corrected chi connectivity index (χ3v) is 3.42. The van der Waals surface area contributed by atoms with E-state index in [2.05, 4.69) is 14.3 Å². The molecule has 0 fully saturated rings. The Morgan fingerprint density at radius 3 is 2.45 bits per heavy atom. The number of hydrogen-bond donors (Lipinski definition) is 0. The topological polar surface area (TPSA) is 88.4 Å². The van der Waals surface area contributed by atoms with Gasteiger partial charge in [-0.1, -0.05) is 6.07 Å². The molecule has 0 radical (unpaired) electrons. The number of nitrogens with zero attached hydrogens (tertiary/aromatic N) is 3. The van der Waals surface area contributed by atoms with E-state index < -0.39 is 39.1 Å². The highest BCUT2D eigenvalue weighted by Crippen LogP contribution is 2.35. The molecule has 0 unspecified atom stereocenters. The lowest BCUT2D eigenvalue weighted by atomic mass is 10.3. The van der Waals surface area contributed by atoms with E-state index in [0.29, 0.717) is 0 Å². The summed E-state index contributed by atoms with van der Waals surface area (Å²) in [4.78, 5) is 11.2. The van der Waals surface area contributed by atoms with Crippen LogP contribution in [-0.2, 0) is 10.0 Å². The van der Waals surface area contributed by atoms with E-state index in [4.69, 9.17) is 0 Å². The first kappa shape index (κ1) is 17.9. The monoisotopic (exact) mass is 339 g/mol. The van der Waals surface area contributed by atoms with Crippen molar-refractivity contribution in [2.75, 3.05) is 20.7 Å². The van der Waals surface area contributed by atoms with Gasteiger partial charge in [0.1, 0.15) is 17.8 Å². The first-order chi connectivity index (χ1) is 10.1. The molecule has 0 saturated carbocycles. The zero-order valence-corrected chi connectivity index (χ0v) is 12.3. The molecule has 22 heavy (non-hydrogen) atoms. The first-order valence-electron chi connectivity index (χ1n) is 5.69. The molecule has 0 aromatic heterocycles. The van der Waals surface area contributed by atoms with Crippen molar-refractivity contribution in [2.24, 2.45) is 9.57 Å². The Morgan fingerprint density at radius 1 is 1.32 bits per heavy atom. The molecule has 1 aromatic rings. The van der Waals surface area contributed by atoms with E-state index in [-0.39, 0.29) is 0 Å². The summed E-state index contributed by atoms with van der Waals surface area (Å²) in [5.74, 6) is -0.648. The summed E-state index contributed by atoms with van der Waals surface area (Å²) in [7, 11) is -1.47. The zero-order valence-electron chi connectivity index (χ0n) is 11.5. The van der Waals surface area contributed by atoms with Crippen LogP contribution in [-0.4, -0.2) is 46.5 Å². The number of hydrogen-bond acceptors (Lipinski definition) is 5. The second kappa shape index (κ2) is 6.73. The number of sulfonamides is 1. The van der Waals surface area contributed by atoms with Gasteiger partial charge in [-0.2, -0.15) is 21.6 Å². The van der Waals surface area contributed by atoms with Gasteiger partial charge in [0, 0.05) is 14.1 Å². The predicted molar refractivity (Wildman–Crippen MR) is 72.8 cm³/mol. The van der Waals surface area contributed by atoms with Crippen LogP contribution in [0.1, 0.15) is 0 Å². The average molecular weight is 339 g/mol. The van der Waals surface area contributed by atoms with Gasteiger partial charge >= 0.3 is 6.18 Å². The Morgan fingerprint density at radius 2 is 1.95 bits per heavy atom. The van der Waals surface area contributed by atoms with Crippen LogP contribution in [0.5, 0.6) is 5.75 Å². The highest BCUT2D eigenvalue weighted by atomic mass is 32.2. The molecule has 122 valence electrons. The van der Waals surface area contributed by atoms with Gasteiger partial charge in [0.15, 0.2) is 11.5 Å². The largest absolute Gasteiger partial charge is 0.483 e. The predicted octanol–water partition coefficient (Wildman–Crippen LogP) is 2.30. The molecule has 1 rings (SSSR count). The molecule has 0 aliphatic carbocycles. The van der Waals surface area contributed by atoms with Gasteiger partial charge in [-0.05, 0) is 17.3 Å². The maximum Gasteiger partial charge on any atom is 0.422 e. The van der Waals surface area contributed by atoms with Crippen LogP contribution >= 0.6 is 0 Å². The normalized spacial score (nSPS) is 12.4. The number of ether oxygens (including phenoxy) is 1. The van der Waals surface area contributed by atoms with Gasteiger partial charge in [-0.25, -0.2) is 0 Å². The number of rotatable bonds is 6. The van der Waals surface area contributed by atoms with Crippen LogP contribution in [0.2, 0.25) is 0 Å². The van der Waals surface area contributed by atoms with E-state index in [9.17, 15) is 26.5 Å². The van der Waals surface area contributed by atoms with Crippen molar-refractivity contribution >= 4 is 22.0 Å². The lowest BCUT2D eigenvalue weighted by Gasteiger charge is -2.13. The summed E-state index contributed by atoms with van der Waals surface area (Å²) in [6.07, 6.45) is -3.75. The smallest absolute Gasteiger partial charge is 0.422 e. The standard InChI is InChI=1S/C11H12F3N3O4S/c1-17(2)7-15-22(19,20)10-8(16-18)4-3-5-9(10)21-6-11(12,13)14/h3-5,7H,6H2,1-2H3/b15-7+. The van der Waals surface area contributed by atoms with Crippen LogP contribution in [0.15, 0.2) is 32.7 Å². The van der Waals surface area contributed by atoms with Gasteiger partial charge in [0.05, 0.1) is 0 Å². The maximum atomic E-state index is 12.2. The molecule has 0 bridgehead atoms. The summed E-state index contributed by atoms with van der Waals surface area (Å²) in [6.45, 7) is -1.71. The summed E-state index contributed by atoms with van der Waals surface area (Å²) < 4.78 is 68.5. The molecule has 0 saturated heterocycles. The fourth-order valence-electron chi connectivity index (χ4n) is 1.32. The van der Waals surface area contributed by atoms with Gasteiger partial charge in [0.25, 0.3) is 10.0 Å². The second-order valence-corrected chi connectivity index (χ2v) is 5.83. The van der Waals surface area contributed by atoms with E-state index in [1.165, 1.54) is 19.0 Å². The Labute approximate surface area is 124 Å². The number of nitroso groups, excluding NO2 is 1. The number of alkyl halides is 3. The maximum absolute atomic E-state index is 12.2. The quantitative estimate of drug-likeness (QED) is 0.451. The molecule has 0 aliphatic rings. The Hall–Kier alpha value is -2.17. The van der Waals surface area contributed by atoms with Gasteiger partial charge in [0.2, 0.25) is 0 Å². The van der Waals surface area contributed by atoms with E-state index in [0.717, 1.165) is 24.5 Å². The van der Waals surface area contributed by atoms with Crippen LogP contribution in [0.25, 0.3) is 0 Å².